The molecule has 2 aliphatic rings. The van der Waals surface area contributed by atoms with Gasteiger partial charge in [-0.05, 0) is 41.7 Å². The summed E-state index contributed by atoms with van der Waals surface area (Å²) < 4.78 is 0. The summed E-state index contributed by atoms with van der Waals surface area (Å²) in [6.07, 6.45) is 0.879. The third-order valence-electron chi connectivity index (χ3n) is 5.48. The molecule has 4 rings (SSSR count). The highest BCUT2D eigenvalue weighted by Gasteiger charge is 2.33. The van der Waals surface area contributed by atoms with Crippen LogP contribution in [0.15, 0.2) is 48.5 Å². The highest BCUT2D eigenvalue weighted by molar-refractivity contribution is 6.01. The van der Waals surface area contributed by atoms with E-state index in [0.29, 0.717) is 25.6 Å². The maximum atomic E-state index is 12.8. The van der Waals surface area contributed by atoms with Gasteiger partial charge in [0, 0.05) is 31.0 Å². The van der Waals surface area contributed by atoms with Crippen LogP contribution in [0.25, 0.3) is 0 Å². The van der Waals surface area contributed by atoms with E-state index in [0.717, 1.165) is 17.8 Å². The van der Waals surface area contributed by atoms with E-state index in [-0.39, 0.29) is 18.5 Å². The Balaban J connectivity index is 1.43. The molecule has 0 unspecified atom stereocenters. The summed E-state index contributed by atoms with van der Waals surface area (Å²) in [5, 5.41) is 0. The second-order valence-corrected chi connectivity index (χ2v) is 7.53. The first-order valence-corrected chi connectivity index (χ1v) is 9.59. The van der Waals surface area contributed by atoms with Gasteiger partial charge in [0.15, 0.2) is 0 Å². The van der Waals surface area contributed by atoms with Gasteiger partial charge < -0.3 is 9.80 Å². The molecule has 0 bridgehead atoms. The van der Waals surface area contributed by atoms with Gasteiger partial charge in [0.2, 0.25) is 5.91 Å². The number of benzene rings is 2. The molecule has 2 heterocycles. The van der Waals surface area contributed by atoms with E-state index in [1.165, 1.54) is 11.1 Å². The normalized spacial score (nSPS) is 16.4. The van der Waals surface area contributed by atoms with E-state index >= 15 is 0 Å². The van der Waals surface area contributed by atoms with Gasteiger partial charge in [0.05, 0.1) is 0 Å². The van der Waals surface area contributed by atoms with Gasteiger partial charge in [-0.3, -0.25) is 9.69 Å². The summed E-state index contributed by atoms with van der Waals surface area (Å²) in [5.41, 5.74) is 4.33. The maximum Gasteiger partial charge on any atom is 0.325 e. The second kappa shape index (κ2) is 7.06. The molecular weight excluding hydrogens is 338 g/mol. The Morgan fingerprint density at radius 3 is 2.48 bits per heavy atom. The largest absolute Gasteiger partial charge is 0.325 e. The van der Waals surface area contributed by atoms with Gasteiger partial charge in [0.25, 0.3) is 0 Å². The zero-order valence-electron chi connectivity index (χ0n) is 15.9. The Bertz CT molecular complexity index is 860. The molecule has 2 aromatic rings. The first kappa shape index (κ1) is 17.6. The highest BCUT2D eigenvalue weighted by Crippen LogP contribution is 2.28. The molecule has 0 saturated carbocycles. The molecule has 3 amide bonds. The van der Waals surface area contributed by atoms with Crippen molar-refractivity contribution in [3.8, 4) is 0 Å². The molecule has 2 aromatic carbocycles. The molecule has 0 aromatic heterocycles. The number of carbonyl (C=O) groups excluding carboxylic acids is 2. The van der Waals surface area contributed by atoms with E-state index in [1.54, 1.807) is 9.80 Å². The molecule has 0 atom stereocenters. The van der Waals surface area contributed by atoms with Crippen molar-refractivity contribution in [1.29, 1.82) is 0 Å². The van der Waals surface area contributed by atoms with Crippen molar-refractivity contribution < 1.29 is 9.59 Å². The molecule has 0 spiro atoms. The lowest BCUT2D eigenvalue weighted by molar-refractivity contribution is -0.118. The molecule has 0 aliphatic carbocycles. The number of para-hydroxylation sites is 1. The van der Waals surface area contributed by atoms with Crippen LogP contribution in [0.1, 0.15) is 30.9 Å². The number of amides is 3. The molecule has 5 nitrogen and oxygen atoms in total. The summed E-state index contributed by atoms with van der Waals surface area (Å²) in [6, 6.07) is 16.0. The van der Waals surface area contributed by atoms with Crippen molar-refractivity contribution in [3.63, 3.8) is 0 Å². The molecule has 0 N–H and O–H groups in total. The molecule has 140 valence electrons. The minimum atomic E-state index is -0.0897. The first-order valence-electron chi connectivity index (χ1n) is 9.59. The van der Waals surface area contributed by atoms with E-state index < -0.39 is 0 Å². The van der Waals surface area contributed by atoms with Crippen LogP contribution in [-0.4, -0.2) is 43.0 Å². The lowest BCUT2D eigenvalue weighted by Crippen LogP contribution is -2.41. The Labute approximate surface area is 160 Å². The van der Waals surface area contributed by atoms with Crippen LogP contribution in [0.3, 0.4) is 0 Å². The number of nitrogens with zero attached hydrogens (tertiary/aromatic N) is 3. The number of hydrogen-bond acceptors (Lipinski definition) is 2. The summed E-state index contributed by atoms with van der Waals surface area (Å²) in [6.45, 7) is 6.32. The Morgan fingerprint density at radius 2 is 1.74 bits per heavy atom. The van der Waals surface area contributed by atoms with Crippen LogP contribution in [0.5, 0.6) is 0 Å². The fraction of sp³-hybridized carbons (Fsp3) is 0.364. The molecule has 5 heteroatoms. The van der Waals surface area contributed by atoms with Gasteiger partial charge in [-0.1, -0.05) is 44.2 Å². The van der Waals surface area contributed by atoms with Crippen molar-refractivity contribution in [2.75, 3.05) is 36.0 Å². The summed E-state index contributed by atoms with van der Waals surface area (Å²) in [4.78, 5) is 30.8. The minimum absolute atomic E-state index is 0.00898. The number of rotatable bonds is 4. The minimum Gasteiger partial charge on any atom is -0.313 e. The topological polar surface area (TPSA) is 43.9 Å². The number of fused-ring (bicyclic) bond motifs is 1. The third-order valence-corrected chi connectivity index (χ3v) is 5.48. The van der Waals surface area contributed by atoms with Gasteiger partial charge in [-0.15, -0.1) is 0 Å². The molecule has 27 heavy (non-hydrogen) atoms. The van der Waals surface area contributed by atoms with Crippen molar-refractivity contribution in [3.05, 3.63) is 59.7 Å². The highest BCUT2D eigenvalue weighted by atomic mass is 16.2. The average molecular weight is 363 g/mol. The Morgan fingerprint density at radius 1 is 1.00 bits per heavy atom. The summed E-state index contributed by atoms with van der Waals surface area (Å²) >= 11 is 0. The van der Waals surface area contributed by atoms with Gasteiger partial charge in [-0.25, -0.2) is 4.79 Å². The predicted molar refractivity (Wildman–Crippen MR) is 107 cm³/mol. The quantitative estimate of drug-likeness (QED) is 0.832. The van der Waals surface area contributed by atoms with Gasteiger partial charge >= 0.3 is 6.03 Å². The summed E-state index contributed by atoms with van der Waals surface area (Å²) in [5.74, 6) is 0.455. The standard InChI is InChI=1S/C22H25N3O2/c1-16(2)17-7-9-19(10-8-17)24-14-13-23(22(24)27)15-21(26)25-12-11-18-5-3-4-6-20(18)25/h3-10,16H,11-15H2,1-2H3. The summed E-state index contributed by atoms with van der Waals surface area (Å²) in [7, 11) is 0. The fourth-order valence-electron chi connectivity index (χ4n) is 3.85. The molecule has 2 aliphatic heterocycles. The number of hydrogen-bond donors (Lipinski definition) is 0. The van der Waals surface area contributed by atoms with Crippen molar-refractivity contribution in [2.45, 2.75) is 26.2 Å². The maximum absolute atomic E-state index is 12.8. The van der Waals surface area contributed by atoms with E-state index in [2.05, 4.69) is 32.0 Å². The van der Waals surface area contributed by atoms with Crippen molar-refractivity contribution >= 4 is 23.3 Å². The van der Waals surface area contributed by atoms with Crippen LogP contribution in [0.2, 0.25) is 0 Å². The SMILES string of the molecule is CC(C)c1ccc(N2CCN(CC(=O)N3CCc4ccccc43)C2=O)cc1. The predicted octanol–water partition coefficient (Wildman–Crippen LogP) is 3.64. The van der Waals surface area contributed by atoms with Crippen LogP contribution < -0.4 is 9.80 Å². The molecule has 1 saturated heterocycles. The lowest BCUT2D eigenvalue weighted by Gasteiger charge is -2.22. The molecular formula is C22H25N3O2. The van der Waals surface area contributed by atoms with Crippen LogP contribution >= 0.6 is 0 Å². The van der Waals surface area contributed by atoms with Crippen LogP contribution in [0, 0.1) is 0 Å². The van der Waals surface area contributed by atoms with Crippen molar-refractivity contribution in [1.82, 2.24) is 4.90 Å². The number of anilines is 2. The van der Waals surface area contributed by atoms with Crippen LogP contribution in [-0.2, 0) is 11.2 Å². The Hall–Kier alpha value is -2.82. The van der Waals surface area contributed by atoms with Crippen molar-refractivity contribution in [2.24, 2.45) is 0 Å². The van der Waals surface area contributed by atoms with E-state index in [9.17, 15) is 9.59 Å². The van der Waals surface area contributed by atoms with Gasteiger partial charge in [-0.2, -0.15) is 0 Å². The Kier molecular flexibility index (Phi) is 4.60. The fourth-order valence-corrected chi connectivity index (χ4v) is 3.85. The zero-order valence-corrected chi connectivity index (χ0v) is 15.9. The van der Waals surface area contributed by atoms with Gasteiger partial charge in [0.1, 0.15) is 6.54 Å². The lowest BCUT2D eigenvalue weighted by atomic mass is 10.0. The van der Waals surface area contributed by atoms with E-state index in [4.69, 9.17) is 0 Å². The third kappa shape index (κ3) is 3.29. The smallest absolute Gasteiger partial charge is 0.313 e. The zero-order chi connectivity index (χ0) is 19.0. The number of urea groups is 1. The second-order valence-electron chi connectivity index (χ2n) is 7.53. The van der Waals surface area contributed by atoms with E-state index in [1.807, 2.05) is 35.2 Å². The average Bonchev–Trinajstić information content (AvgIpc) is 3.26. The molecule has 1 fully saturated rings. The number of carbonyl (C=O) groups is 2. The molecule has 0 radical (unpaired) electrons. The first-order chi connectivity index (χ1) is 13.0. The van der Waals surface area contributed by atoms with Crippen LogP contribution in [0.4, 0.5) is 16.2 Å². The monoisotopic (exact) mass is 363 g/mol.